The maximum absolute atomic E-state index is 12.4. The molecule has 0 radical (unpaired) electrons. The van der Waals surface area contributed by atoms with Crippen molar-refractivity contribution in [3.8, 4) is 0 Å². The van der Waals surface area contributed by atoms with Crippen molar-refractivity contribution in [1.29, 1.82) is 0 Å². The Balaban J connectivity index is 1.61. The summed E-state index contributed by atoms with van der Waals surface area (Å²) in [5.74, 6) is -0.174. The molecule has 1 saturated heterocycles. The number of benzene rings is 1. The van der Waals surface area contributed by atoms with Crippen LogP contribution in [0.4, 0.5) is 5.69 Å². The highest BCUT2D eigenvalue weighted by Gasteiger charge is 2.28. The summed E-state index contributed by atoms with van der Waals surface area (Å²) < 4.78 is 0. The molecule has 0 unspecified atom stereocenters. The second-order valence-corrected chi connectivity index (χ2v) is 7.11. The van der Waals surface area contributed by atoms with Crippen LogP contribution in [0.1, 0.15) is 41.0 Å². The summed E-state index contributed by atoms with van der Waals surface area (Å²) in [6, 6.07) is 11.6. The lowest BCUT2D eigenvalue weighted by atomic mass is 10.2. The summed E-state index contributed by atoms with van der Waals surface area (Å²) >= 11 is 1.75. The number of hydrogen-bond acceptors (Lipinski definition) is 4. The second kappa shape index (κ2) is 8.27. The first kappa shape index (κ1) is 17.6. The van der Waals surface area contributed by atoms with Crippen LogP contribution in [0.3, 0.4) is 0 Å². The van der Waals surface area contributed by atoms with Crippen molar-refractivity contribution >= 4 is 28.8 Å². The standard InChI is InChI=1S/C19H23N3O2S/c1-2-20-19(24)14-6-3-7-15(12-14)21-18(23)13-22-10-4-8-16(22)17-9-5-11-25-17/h3,5-7,9,11-12,16H,2,4,8,10,13H2,1H3,(H,20,24)(H,21,23)/t16-/m1/s1. The van der Waals surface area contributed by atoms with Gasteiger partial charge in [0.2, 0.25) is 5.91 Å². The maximum atomic E-state index is 12.4. The zero-order chi connectivity index (χ0) is 17.6. The Kier molecular flexibility index (Phi) is 5.83. The lowest BCUT2D eigenvalue weighted by Crippen LogP contribution is -2.32. The molecule has 1 aromatic heterocycles. The fraction of sp³-hybridized carbons (Fsp3) is 0.368. The van der Waals surface area contributed by atoms with Gasteiger partial charge in [-0.15, -0.1) is 11.3 Å². The average Bonchev–Trinajstić information content (AvgIpc) is 3.26. The molecule has 1 aliphatic rings. The van der Waals surface area contributed by atoms with Gasteiger partial charge in [-0.25, -0.2) is 0 Å². The van der Waals surface area contributed by atoms with Crippen molar-refractivity contribution < 1.29 is 9.59 Å². The van der Waals surface area contributed by atoms with Crippen molar-refractivity contribution in [2.45, 2.75) is 25.8 Å². The van der Waals surface area contributed by atoms with Crippen LogP contribution in [0.5, 0.6) is 0 Å². The Morgan fingerprint density at radius 2 is 2.16 bits per heavy atom. The molecule has 3 rings (SSSR count). The summed E-state index contributed by atoms with van der Waals surface area (Å²) in [6.45, 7) is 3.76. The number of thiophene rings is 1. The molecule has 5 nitrogen and oxygen atoms in total. The average molecular weight is 357 g/mol. The van der Waals surface area contributed by atoms with Crippen LogP contribution in [0.2, 0.25) is 0 Å². The fourth-order valence-corrected chi connectivity index (χ4v) is 4.10. The minimum Gasteiger partial charge on any atom is -0.352 e. The van der Waals surface area contributed by atoms with Gasteiger partial charge in [0.25, 0.3) is 5.91 Å². The Bertz CT molecular complexity index is 730. The van der Waals surface area contributed by atoms with Crippen LogP contribution in [0.15, 0.2) is 41.8 Å². The third kappa shape index (κ3) is 4.46. The lowest BCUT2D eigenvalue weighted by molar-refractivity contribution is -0.117. The number of carbonyl (C=O) groups excluding carboxylic acids is 2. The van der Waals surface area contributed by atoms with Crippen molar-refractivity contribution in [3.05, 3.63) is 52.2 Å². The van der Waals surface area contributed by atoms with Crippen molar-refractivity contribution in [3.63, 3.8) is 0 Å². The van der Waals surface area contributed by atoms with Gasteiger partial charge in [0.1, 0.15) is 0 Å². The molecule has 0 spiro atoms. The Labute approximate surface area is 152 Å². The summed E-state index contributed by atoms with van der Waals surface area (Å²) in [4.78, 5) is 27.9. The Hall–Kier alpha value is -2.18. The van der Waals surface area contributed by atoms with E-state index in [0.717, 1.165) is 19.4 Å². The highest BCUT2D eigenvalue weighted by Crippen LogP contribution is 2.34. The van der Waals surface area contributed by atoms with Gasteiger partial charge in [-0.1, -0.05) is 12.1 Å². The predicted molar refractivity (Wildman–Crippen MR) is 101 cm³/mol. The van der Waals surface area contributed by atoms with Gasteiger partial charge in [-0.2, -0.15) is 0 Å². The smallest absolute Gasteiger partial charge is 0.251 e. The zero-order valence-corrected chi connectivity index (χ0v) is 15.1. The molecule has 1 aromatic carbocycles. The van der Waals surface area contributed by atoms with Gasteiger partial charge in [0, 0.05) is 28.7 Å². The topological polar surface area (TPSA) is 61.4 Å². The van der Waals surface area contributed by atoms with E-state index in [1.807, 2.05) is 6.92 Å². The van der Waals surface area contributed by atoms with Crippen molar-refractivity contribution in [1.82, 2.24) is 10.2 Å². The third-order valence-corrected chi connectivity index (χ3v) is 5.30. The van der Waals surface area contributed by atoms with Crippen LogP contribution in [0.25, 0.3) is 0 Å². The van der Waals surface area contributed by atoms with E-state index in [1.54, 1.807) is 35.6 Å². The zero-order valence-electron chi connectivity index (χ0n) is 14.3. The van der Waals surface area contributed by atoms with E-state index in [1.165, 1.54) is 4.88 Å². The first-order valence-electron chi connectivity index (χ1n) is 8.63. The Morgan fingerprint density at radius 3 is 2.92 bits per heavy atom. The van der Waals surface area contributed by atoms with Crippen LogP contribution < -0.4 is 10.6 Å². The molecule has 0 saturated carbocycles. The van der Waals surface area contributed by atoms with Gasteiger partial charge in [-0.05, 0) is 56.0 Å². The Morgan fingerprint density at radius 1 is 1.28 bits per heavy atom. The molecule has 6 heteroatoms. The number of hydrogen-bond donors (Lipinski definition) is 2. The van der Waals surface area contributed by atoms with Crippen LogP contribution >= 0.6 is 11.3 Å². The monoisotopic (exact) mass is 357 g/mol. The van der Waals surface area contributed by atoms with Crippen molar-refractivity contribution in [2.75, 3.05) is 25.0 Å². The molecule has 0 aliphatic carbocycles. The van der Waals surface area contributed by atoms with Gasteiger partial charge < -0.3 is 10.6 Å². The first-order valence-corrected chi connectivity index (χ1v) is 9.51. The number of nitrogens with one attached hydrogen (secondary N) is 2. The van der Waals surface area contributed by atoms with Gasteiger partial charge in [0.05, 0.1) is 6.54 Å². The lowest BCUT2D eigenvalue weighted by Gasteiger charge is -2.22. The van der Waals surface area contributed by atoms with E-state index in [4.69, 9.17) is 0 Å². The summed E-state index contributed by atoms with van der Waals surface area (Å²) in [6.07, 6.45) is 2.21. The fourth-order valence-electron chi connectivity index (χ4n) is 3.20. The molecule has 2 N–H and O–H groups in total. The van der Waals surface area contributed by atoms with E-state index in [-0.39, 0.29) is 11.8 Å². The number of anilines is 1. The summed E-state index contributed by atoms with van der Waals surface area (Å²) in [5.41, 5.74) is 1.21. The van der Waals surface area contributed by atoms with Gasteiger partial charge >= 0.3 is 0 Å². The van der Waals surface area contributed by atoms with E-state index in [0.29, 0.717) is 30.4 Å². The highest BCUT2D eigenvalue weighted by atomic mass is 32.1. The van der Waals surface area contributed by atoms with E-state index in [9.17, 15) is 9.59 Å². The molecular weight excluding hydrogens is 334 g/mol. The number of rotatable bonds is 6. The quantitative estimate of drug-likeness (QED) is 0.834. The molecule has 2 amide bonds. The SMILES string of the molecule is CCNC(=O)c1cccc(NC(=O)CN2CCC[C@@H]2c2cccs2)c1. The first-order chi connectivity index (χ1) is 12.2. The maximum Gasteiger partial charge on any atom is 0.251 e. The van der Waals surface area contributed by atoms with E-state index < -0.39 is 0 Å². The van der Waals surface area contributed by atoms with Crippen LogP contribution in [-0.2, 0) is 4.79 Å². The molecule has 2 aromatic rings. The minimum atomic E-state index is -0.129. The number of carbonyl (C=O) groups is 2. The summed E-state index contributed by atoms with van der Waals surface area (Å²) in [7, 11) is 0. The normalized spacial score (nSPS) is 17.4. The third-order valence-electron chi connectivity index (χ3n) is 4.33. The summed E-state index contributed by atoms with van der Waals surface area (Å²) in [5, 5.41) is 7.76. The second-order valence-electron chi connectivity index (χ2n) is 6.13. The van der Waals surface area contributed by atoms with Crippen LogP contribution in [0, 0.1) is 0 Å². The van der Waals surface area contributed by atoms with Gasteiger partial charge in [0.15, 0.2) is 0 Å². The van der Waals surface area contributed by atoms with Crippen molar-refractivity contribution in [2.24, 2.45) is 0 Å². The molecule has 132 valence electrons. The van der Waals surface area contributed by atoms with Gasteiger partial charge in [-0.3, -0.25) is 14.5 Å². The molecule has 0 bridgehead atoms. The largest absolute Gasteiger partial charge is 0.352 e. The minimum absolute atomic E-state index is 0.0449. The molecule has 1 fully saturated rings. The number of likely N-dealkylation sites (tertiary alicyclic amines) is 1. The van der Waals surface area contributed by atoms with E-state index in [2.05, 4.69) is 33.0 Å². The molecule has 1 aliphatic heterocycles. The van der Waals surface area contributed by atoms with Crippen LogP contribution in [-0.4, -0.2) is 36.3 Å². The molecule has 2 heterocycles. The molecule has 1 atom stereocenters. The van der Waals surface area contributed by atoms with E-state index >= 15 is 0 Å². The predicted octanol–water partition coefficient (Wildman–Crippen LogP) is 3.27. The number of amides is 2. The number of nitrogens with zero attached hydrogens (tertiary/aromatic N) is 1. The molecular formula is C19H23N3O2S. The highest BCUT2D eigenvalue weighted by molar-refractivity contribution is 7.10. The molecule has 25 heavy (non-hydrogen) atoms.